The molecule has 1 aliphatic heterocycles. The van der Waals surface area contributed by atoms with Crippen LogP contribution in [0.25, 0.3) is 0 Å². The molecule has 1 saturated heterocycles. The number of benzene rings is 1. The predicted molar refractivity (Wildman–Crippen MR) is 78.3 cm³/mol. The van der Waals surface area contributed by atoms with E-state index in [0.29, 0.717) is 13.1 Å². The summed E-state index contributed by atoms with van der Waals surface area (Å²) in [6, 6.07) is 2.88. The lowest BCUT2D eigenvalue weighted by molar-refractivity contribution is -0.123. The van der Waals surface area contributed by atoms with Gasteiger partial charge in [0.2, 0.25) is 11.8 Å². The smallest absolute Gasteiger partial charge is 0.238 e. The van der Waals surface area contributed by atoms with Gasteiger partial charge >= 0.3 is 0 Å². The monoisotopic (exact) mass is 311 g/mol. The summed E-state index contributed by atoms with van der Waals surface area (Å²) in [6.45, 7) is 4.70. The number of halogens is 2. The van der Waals surface area contributed by atoms with Crippen molar-refractivity contribution in [2.24, 2.45) is 0 Å². The summed E-state index contributed by atoms with van der Waals surface area (Å²) in [5.41, 5.74) is -0.676. The van der Waals surface area contributed by atoms with Gasteiger partial charge in [0.25, 0.3) is 0 Å². The van der Waals surface area contributed by atoms with Crippen molar-refractivity contribution in [1.29, 1.82) is 0 Å². The Morgan fingerprint density at radius 2 is 2.14 bits per heavy atom. The minimum absolute atomic E-state index is 0.00207. The van der Waals surface area contributed by atoms with Crippen molar-refractivity contribution in [2.75, 3.05) is 25.0 Å². The molecule has 0 aromatic heterocycles. The van der Waals surface area contributed by atoms with E-state index in [-0.39, 0.29) is 24.6 Å². The van der Waals surface area contributed by atoms with Gasteiger partial charge < -0.3 is 10.6 Å². The SMILES string of the molecule is CC1(C)CC(=O)NCCN1CC(=O)Nc1cc(F)ccc1F. The van der Waals surface area contributed by atoms with Gasteiger partial charge in [0, 0.05) is 31.1 Å². The molecule has 1 aliphatic rings. The van der Waals surface area contributed by atoms with Gasteiger partial charge in [-0.15, -0.1) is 0 Å². The lowest BCUT2D eigenvalue weighted by Gasteiger charge is -2.35. The topological polar surface area (TPSA) is 61.4 Å². The van der Waals surface area contributed by atoms with Crippen molar-refractivity contribution in [3.8, 4) is 0 Å². The Hall–Kier alpha value is -2.02. The summed E-state index contributed by atoms with van der Waals surface area (Å²) in [4.78, 5) is 25.5. The highest BCUT2D eigenvalue weighted by molar-refractivity contribution is 5.92. The summed E-state index contributed by atoms with van der Waals surface area (Å²) in [5.74, 6) is -1.83. The maximum atomic E-state index is 13.5. The Morgan fingerprint density at radius 1 is 1.41 bits per heavy atom. The number of nitrogens with zero attached hydrogens (tertiary/aromatic N) is 1. The van der Waals surface area contributed by atoms with Gasteiger partial charge in [-0.2, -0.15) is 0 Å². The maximum absolute atomic E-state index is 13.5. The van der Waals surface area contributed by atoms with Crippen molar-refractivity contribution >= 4 is 17.5 Å². The second kappa shape index (κ2) is 6.39. The van der Waals surface area contributed by atoms with E-state index in [2.05, 4.69) is 10.6 Å². The molecule has 0 spiro atoms. The molecule has 0 aliphatic carbocycles. The first-order valence-corrected chi connectivity index (χ1v) is 7.04. The fourth-order valence-electron chi connectivity index (χ4n) is 2.45. The molecular formula is C15H19F2N3O2. The van der Waals surface area contributed by atoms with Crippen molar-refractivity contribution < 1.29 is 18.4 Å². The number of rotatable bonds is 3. The highest BCUT2D eigenvalue weighted by Crippen LogP contribution is 2.21. The maximum Gasteiger partial charge on any atom is 0.238 e. The number of nitrogens with one attached hydrogen (secondary N) is 2. The van der Waals surface area contributed by atoms with Crippen LogP contribution in [0.4, 0.5) is 14.5 Å². The third-order valence-corrected chi connectivity index (χ3v) is 3.69. The van der Waals surface area contributed by atoms with Crippen LogP contribution in [0.3, 0.4) is 0 Å². The molecule has 1 heterocycles. The Morgan fingerprint density at radius 3 is 2.86 bits per heavy atom. The third kappa shape index (κ3) is 4.00. The molecule has 2 rings (SSSR count). The van der Waals surface area contributed by atoms with E-state index in [1.807, 2.05) is 18.7 Å². The summed E-state index contributed by atoms with van der Waals surface area (Å²) in [7, 11) is 0. The summed E-state index contributed by atoms with van der Waals surface area (Å²) in [6.07, 6.45) is 0.272. The van der Waals surface area contributed by atoms with Crippen molar-refractivity contribution in [3.63, 3.8) is 0 Å². The quantitative estimate of drug-likeness (QED) is 0.889. The molecule has 0 saturated carbocycles. The molecule has 22 heavy (non-hydrogen) atoms. The van der Waals surface area contributed by atoms with Crippen LogP contribution in [0.15, 0.2) is 18.2 Å². The number of anilines is 1. The molecule has 5 nitrogen and oxygen atoms in total. The zero-order chi connectivity index (χ0) is 16.3. The highest BCUT2D eigenvalue weighted by Gasteiger charge is 2.33. The first-order valence-electron chi connectivity index (χ1n) is 7.04. The molecule has 0 unspecified atom stereocenters. The molecule has 0 atom stereocenters. The van der Waals surface area contributed by atoms with Gasteiger partial charge in [0.05, 0.1) is 12.2 Å². The number of hydrogen-bond donors (Lipinski definition) is 2. The van der Waals surface area contributed by atoms with Crippen molar-refractivity contribution in [3.05, 3.63) is 29.8 Å². The lowest BCUT2D eigenvalue weighted by Crippen LogP contribution is -2.48. The van der Waals surface area contributed by atoms with E-state index in [9.17, 15) is 18.4 Å². The molecule has 2 amide bonds. The molecule has 1 fully saturated rings. The van der Waals surface area contributed by atoms with Crippen molar-refractivity contribution in [2.45, 2.75) is 25.8 Å². The normalized spacial score (nSPS) is 18.5. The molecule has 1 aromatic carbocycles. The molecular weight excluding hydrogens is 292 g/mol. The summed E-state index contributed by atoms with van der Waals surface area (Å²) >= 11 is 0. The van der Waals surface area contributed by atoms with Gasteiger partial charge in [-0.25, -0.2) is 8.78 Å². The van der Waals surface area contributed by atoms with E-state index >= 15 is 0 Å². The number of hydrogen-bond acceptors (Lipinski definition) is 3. The van der Waals surface area contributed by atoms with Crippen LogP contribution in [0.5, 0.6) is 0 Å². The van der Waals surface area contributed by atoms with Crippen LogP contribution in [0, 0.1) is 11.6 Å². The molecule has 7 heteroatoms. The van der Waals surface area contributed by atoms with E-state index in [4.69, 9.17) is 0 Å². The summed E-state index contributed by atoms with van der Waals surface area (Å²) in [5, 5.41) is 5.11. The molecule has 1 aromatic rings. The highest BCUT2D eigenvalue weighted by atomic mass is 19.1. The largest absolute Gasteiger partial charge is 0.355 e. The lowest BCUT2D eigenvalue weighted by atomic mass is 9.98. The fraction of sp³-hybridized carbons (Fsp3) is 0.467. The molecule has 0 bridgehead atoms. The minimum atomic E-state index is -0.693. The third-order valence-electron chi connectivity index (χ3n) is 3.69. The number of carbonyl (C=O) groups is 2. The standard InChI is InChI=1S/C15H19F2N3O2/c1-15(2)8-13(21)18-5-6-20(15)9-14(22)19-12-7-10(16)3-4-11(12)17/h3-4,7H,5-6,8-9H2,1-2H3,(H,18,21)(H,19,22). The van der Waals surface area contributed by atoms with Crippen LogP contribution in [0.2, 0.25) is 0 Å². The zero-order valence-electron chi connectivity index (χ0n) is 12.6. The molecule has 2 N–H and O–H groups in total. The second-order valence-electron chi connectivity index (χ2n) is 5.93. The first-order chi connectivity index (χ1) is 10.3. The van der Waals surface area contributed by atoms with Gasteiger partial charge in [-0.05, 0) is 26.0 Å². The zero-order valence-corrected chi connectivity index (χ0v) is 12.6. The van der Waals surface area contributed by atoms with Gasteiger partial charge in [-0.1, -0.05) is 0 Å². The number of amides is 2. The Kier molecular flexibility index (Phi) is 4.75. The van der Waals surface area contributed by atoms with Crippen LogP contribution in [-0.4, -0.2) is 41.9 Å². The fourth-order valence-corrected chi connectivity index (χ4v) is 2.45. The van der Waals surface area contributed by atoms with Crippen LogP contribution in [-0.2, 0) is 9.59 Å². The van der Waals surface area contributed by atoms with Gasteiger partial charge in [0.15, 0.2) is 0 Å². The molecule has 0 radical (unpaired) electrons. The average Bonchev–Trinajstić information content (AvgIpc) is 2.52. The van der Waals surface area contributed by atoms with E-state index < -0.39 is 23.1 Å². The van der Waals surface area contributed by atoms with E-state index in [1.54, 1.807) is 0 Å². The average molecular weight is 311 g/mol. The first kappa shape index (κ1) is 16.4. The Balaban J connectivity index is 2.04. The van der Waals surface area contributed by atoms with Crippen molar-refractivity contribution in [1.82, 2.24) is 10.2 Å². The summed E-state index contributed by atoms with van der Waals surface area (Å²) < 4.78 is 26.6. The Labute approximate surface area is 127 Å². The van der Waals surface area contributed by atoms with Crippen LogP contribution in [0.1, 0.15) is 20.3 Å². The van der Waals surface area contributed by atoms with Gasteiger partial charge in [0.1, 0.15) is 11.6 Å². The van der Waals surface area contributed by atoms with E-state index in [1.165, 1.54) is 0 Å². The van der Waals surface area contributed by atoms with Crippen LogP contribution >= 0.6 is 0 Å². The second-order valence-corrected chi connectivity index (χ2v) is 5.93. The number of carbonyl (C=O) groups excluding carboxylic acids is 2. The Bertz CT molecular complexity index is 590. The van der Waals surface area contributed by atoms with Gasteiger partial charge in [-0.3, -0.25) is 14.5 Å². The van der Waals surface area contributed by atoms with Crippen LogP contribution < -0.4 is 10.6 Å². The predicted octanol–water partition coefficient (Wildman–Crippen LogP) is 1.50. The van der Waals surface area contributed by atoms with E-state index in [0.717, 1.165) is 18.2 Å². The minimum Gasteiger partial charge on any atom is -0.355 e. The molecule has 120 valence electrons.